The molecule has 0 fully saturated rings. The van der Waals surface area contributed by atoms with Crippen molar-refractivity contribution in [3.05, 3.63) is 66.0 Å². The summed E-state index contributed by atoms with van der Waals surface area (Å²) < 4.78 is 11.6. The third-order valence-corrected chi connectivity index (χ3v) is 5.46. The Balaban J connectivity index is 1.64. The van der Waals surface area contributed by atoms with E-state index in [4.69, 9.17) is 15.2 Å². The van der Waals surface area contributed by atoms with Crippen LogP contribution in [0.1, 0.15) is 29.3 Å². The van der Waals surface area contributed by atoms with E-state index in [-0.39, 0.29) is 0 Å². The Morgan fingerprint density at radius 2 is 2.03 bits per heavy atom. The number of nitrogens with two attached hydrogens (primary N) is 1. The van der Waals surface area contributed by atoms with Crippen LogP contribution in [0.25, 0.3) is 10.9 Å². The van der Waals surface area contributed by atoms with Gasteiger partial charge in [-0.05, 0) is 36.6 Å². The summed E-state index contributed by atoms with van der Waals surface area (Å²) in [4.78, 5) is 16.7. The molecule has 0 aliphatic carbocycles. The number of ether oxygens (including phenoxy) is 2. The van der Waals surface area contributed by atoms with Gasteiger partial charge in [-0.15, -0.1) is 0 Å². The first-order chi connectivity index (χ1) is 16.6. The molecular weight excluding hydrogens is 432 g/mol. The van der Waals surface area contributed by atoms with Gasteiger partial charge in [0.2, 0.25) is 0 Å². The summed E-state index contributed by atoms with van der Waals surface area (Å²) in [7, 11) is 1.58. The lowest BCUT2D eigenvalue weighted by Crippen LogP contribution is -2.14. The number of carbonyl (C=O) groups excluding carboxylic acids is 1. The lowest BCUT2D eigenvalue weighted by atomic mass is 10.1. The monoisotopic (exact) mass is 460 g/mol. The number of nitrogens with zero attached hydrogens (tertiary/aromatic N) is 2. The SMILES string of the molecule is CCc1ccccc1Nc1c(C(N)=O)cnc2cc(OC)c(OCCCNc3cc[nH]n3)cc12. The molecule has 1 amide bonds. The summed E-state index contributed by atoms with van der Waals surface area (Å²) in [6.07, 6.45) is 4.84. The average Bonchev–Trinajstić information content (AvgIpc) is 3.37. The highest BCUT2D eigenvalue weighted by molar-refractivity contribution is 6.08. The molecule has 0 saturated carbocycles. The second-order valence-corrected chi connectivity index (χ2v) is 7.66. The summed E-state index contributed by atoms with van der Waals surface area (Å²) in [5.41, 5.74) is 9.27. The molecule has 0 bridgehead atoms. The minimum absolute atomic E-state index is 0.303. The van der Waals surface area contributed by atoms with Crippen LogP contribution in [0.2, 0.25) is 0 Å². The minimum atomic E-state index is -0.561. The van der Waals surface area contributed by atoms with Gasteiger partial charge in [0.05, 0.1) is 30.5 Å². The molecule has 4 rings (SSSR count). The van der Waals surface area contributed by atoms with Crippen molar-refractivity contribution in [2.24, 2.45) is 5.73 Å². The van der Waals surface area contributed by atoms with Gasteiger partial charge in [0.25, 0.3) is 5.91 Å². The van der Waals surface area contributed by atoms with Crippen LogP contribution in [0.3, 0.4) is 0 Å². The summed E-state index contributed by atoms with van der Waals surface area (Å²) >= 11 is 0. The van der Waals surface area contributed by atoms with E-state index in [0.29, 0.717) is 46.8 Å². The molecule has 0 saturated heterocycles. The maximum Gasteiger partial charge on any atom is 0.252 e. The van der Waals surface area contributed by atoms with E-state index < -0.39 is 5.91 Å². The molecule has 2 aromatic heterocycles. The van der Waals surface area contributed by atoms with Gasteiger partial charge < -0.3 is 25.8 Å². The number of rotatable bonds is 11. The third kappa shape index (κ3) is 5.03. The smallest absolute Gasteiger partial charge is 0.252 e. The summed E-state index contributed by atoms with van der Waals surface area (Å²) in [5.74, 6) is 1.35. The van der Waals surface area contributed by atoms with Gasteiger partial charge in [0.15, 0.2) is 11.5 Å². The number of hydrogen-bond acceptors (Lipinski definition) is 7. The Hall–Kier alpha value is -4.27. The second-order valence-electron chi connectivity index (χ2n) is 7.66. The molecule has 0 spiro atoms. The van der Waals surface area contributed by atoms with Crippen LogP contribution in [-0.2, 0) is 6.42 Å². The number of aromatic amines is 1. The number of carbonyl (C=O) groups is 1. The Morgan fingerprint density at radius 1 is 1.18 bits per heavy atom. The quantitative estimate of drug-likeness (QED) is 0.246. The van der Waals surface area contributed by atoms with Crippen LogP contribution in [-0.4, -0.2) is 41.3 Å². The molecule has 0 aliphatic heterocycles. The molecule has 0 aliphatic rings. The number of pyridine rings is 1. The number of amides is 1. The molecule has 34 heavy (non-hydrogen) atoms. The fourth-order valence-electron chi connectivity index (χ4n) is 3.71. The van der Waals surface area contributed by atoms with E-state index in [1.807, 2.05) is 36.4 Å². The predicted molar refractivity (Wildman–Crippen MR) is 133 cm³/mol. The number of H-pyrrole nitrogens is 1. The molecule has 2 aromatic carbocycles. The zero-order valence-corrected chi connectivity index (χ0v) is 19.2. The number of nitrogens with one attached hydrogen (secondary N) is 3. The normalized spacial score (nSPS) is 10.8. The van der Waals surface area contributed by atoms with Crippen LogP contribution >= 0.6 is 0 Å². The standard InChI is InChI=1S/C25H28N6O3/c1-3-16-7-4-5-8-19(16)30-24-17-13-22(34-12-6-10-27-23-9-11-29-31-23)21(33-2)14-20(17)28-15-18(24)25(26)32/h4-5,7-9,11,13-15H,3,6,10,12H2,1-2H3,(H2,26,32)(H,28,30)(H2,27,29,31). The Labute approximate surface area is 197 Å². The lowest BCUT2D eigenvalue weighted by Gasteiger charge is -2.17. The number of benzene rings is 2. The number of hydrogen-bond donors (Lipinski definition) is 4. The predicted octanol–water partition coefficient (Wildman–Crippen LogP) is 4.25. The lowest BCUT2D eigenvalue weighted by molar-refractivity contribution is 0.100. The molecular formula is C25H28N6O3. The van der Waals surface area contributed by atoms with Crippen molar-refractivity contribution < 1.29 is 14.3 Å². The van der Waals surface area contributed by atoms with Crippen LogP contribution in [0.4, 0.5) is 17.2 Å². The van der Waals surface area contributed by atoms with Crippen molar-refractivity contribution in [3.8, 4) is 11.5 Å². The van der Waals surface area contributed by atoms with Crippen molar-refractivity contribution in [1.29, 1.82) is 0 Å². The minimum Gasteiger partial charge on any atom is -0.493 e. The Bertz CT molecular complexity index is 1270. The van der Waals surface area contributed by atoms with Crippen LogP contribution in [0.15, 0.2) is 54.9 Å². The molecule has 2 heterocycles. The molecule has 5 N–H and O–H groups in total. The summed E-state index contributed by atoms with van der Waals surface area (Å²) in [6, 6.07) is 13.5. The molecule has 4 aromatic rings. The second kappa shape index (κ2) is 10.6. The van der Waals surface area contributed by atoms with Crippen molar-refractivity contribution in [1.82, 2.24) is 15.2 Å². The molecule has 9 heteroatoms. The molecule has 0 unspecified atom stereocenters. The van der Waals surface area contributed by atoms with E-state index in [0.717, 1.165) is 29.9 Å². The molecule has 0 radical (unpaired) electrons. The fourth-order valence-corrected chi connectivity index (χ4v) is 3.71. The van der Waals surface area contributed by atoms with Crippen LogP contribution in [0, 0.1) is 0 Å². The van der Waals surface area contributed by atoms with Crippen molar-refractivity contribution in [2.75, 3.05) is 30.9 Å². The number of fused-ring (bicyclic) bond motifs is 1. The average molecular weight is 461 g/mol. The van der Waals surface area contributed by atoms with Crippen LogP contribution < -0.4 is 25.8 Å². The topological polar surface area (TPSA) is 127 Å². The number of aromatic nitrogens is 3. The van der Waals surface area contributed by atoms with Gasteiger partial charge in [-0.3, -0.25) is 14.9 Å². The zero-order valence-electron chi connectivity index (χ0n) is 19.2. The maximum absolute atomic E-state index is 12.2. The van der Waals surface area contributed by atoms with Crippen molar-refractivity contribution in [3.63, 3.8) is 0 Å². The highest BCUT2D eigenvalue weighted by atomic mass is 16.5. The van der Waals surface area contributed by atoms with Gasteiger partial charge in [-0.2, -0.15) is 5.10 Å². The van der Waals surface area contributed by atoms with Gasteiger partial charge >= 0.3 is 0 Å². The van der Waals surface area contributed by atoms with Crippen molar-refractivity contribution >= 4 is 34.0 Å². The first-order valence-electron chi connectivity index (χ1n) is 11.1. The number of anilines is 3. The highest BCUT2D eigenvalue weighted by Gasteiger charge is 2.18. The zero-order chi connectivity index (χ0) is 23.9. The Morgan fingerprint density at radius 3 is 2.76 bits per heavy atom. The first-order valence-corrected chi connectivity index (χ1v) is 11.1. The summed E-state index contributed by atoms with van der Waals surface area (Å²) in [6.45, 7) is 3.25. The summed E-state index contributed by atoms with van der Waals surface area (Å²) in [5, 5.41) is 14.2. The first kappa shape index (κ1) is 22.9. The van der Waals surface area contributed by atoms with Crippen molar-refractivity contribution in [2.45, 2.75) is 19.8 Å². The van der Waals surface area contributed by atoms with E-state index in [2.05, 4.69) is 32.7 Å². The number of para-hydroxylation sites is 1. The maximum atomic E-state index is 12.2. The Kier molecular flexibility index (Phi) is 7.12. The van der Waals surface area contributed by atoms with E-state index in [1.165, 1.54) is 6.20 Å². The number of primary amides is 1. The van der Waals surface area contributed by atoms with E-state index in [9.17, 15) is 4.79 Å². The third-order valence-electron chi connectivity index (χ3n) is 5.46. The van der Waals surface area contributed by atoms with E-state index in [1.54, 1.807) is 19.4 Å². The van der Waals surface area contributed by atoms with Crippen LogP contribution in [0.5, 0.6) is 11.5 Å². The molecule has 176 valence electrons. The van der Waals surface area contributed by atoms with Gasteiger partial charge in [-0.25, -0.2) is 0 Å². The molecule has 9 nitrogen and oxygen atoms in total. The van der Waals surface area contributed by atoms with Gasteiger partial charge in [0.1, 0.15) is 5.82 Å². The molecule has 0 atom stereocenters. The van der Waals surface area contributed by atoms with Gasteiger partial charge in [-0.1, -0.05) is 25.1 Å². The largest absolute Gasteiger partial charge is 0.493 e. The highest BCUT2D eigenvalue weighted by Crippen LogP contribution is 2.37. The van der Waals surface area contributed by atoms with E-state index >= 15 is 0 Å². The number of methoxy groups -OCH3 is 1. The fraction of sp³-hybridized carbons (Fsp3) is 0.240. The number of aryl methyl sites for hydroxylation is 1. The van der Waals surface area contributed by atoms with Gasteiger partial charge in [0, 0.05) is 36.1 Å².